The number of aromatic nitrogens is 2. The number of benzene rings is 3. The average Bonchev–Trinajstić information content (AvgIpc) is 2.76. The molecule has 0 radical (unpaired) electrons. The van der Waals surface area contributed by atoms with Crippen molar-refractivity contribution in [2.24, 2.45) is 0 Å². The number of nitrogens with zero attached hydrogens (tertiary/aromatic N) is 3. The van der Waals surface area contributed by atoms with Crippen LogP contribution in [0.1, 0.15) is 25.2 Å². The summed E-state index contributed by atoms with van der Waals surface area (Å²) in [6.07, 6.45) is 0.596. The van der Waals surface area contributed by atoms with Crippen molar-refractivity contribution in [3.05, 3.63) is 101 Å². The van der Waals surface area contributed by atoms with E-state index < -0.39 is 0 Å². The molecular weight excluding hydrogens is 358 g/mol. The van der Waals surface area contributed by atoms with Gasteiger partial charge in [0.1, 0.15) is 5.82 Å². The highest BCUT2D eigenvalue weighted by atomic mass is 16.1. The molecule has 1 aromatic heterocycles. The fourth-order valence-corrected chi connectivity index (χ4v) is 3.74. The largest absolute Gasteiger partial charge is 0.372 e. The van der Waals surface area contributed by atoms with Crippen LogP contribution in [0.25, 0.3) is 16.6 Å². The number of rotatable bonds is 6. The van der Waals surface area contributed by atoms with E-state index in [1.807, 2.05) is 54.6 Å². The van der Waals surface area contributed by atoms with Gasteiger partial charge in [0.2, 0.25) is 0 Å². The van der Waals surface area contributed by atoms with Crippen LogP contribution in [0, 0.1) is 0 Å². The zero-order chi connectivity index (χ0) is 20.2. The summed E-state index contributed by atoms with van der Waals surface area (Å²) in [4.78, 5) is 20.5. The molecule has 4 aromatic rings. The molecule has 0 fully saturated rings. The van der Waals surface area contributed by atoms with Crippen molar-refractivity contribution in [2.75, 3.05) is 18.0 Å². The van der Waals surface area contributed by atoms with Crippen LogP contribution in [0.4, 0.5) is 5.69 Å². The van der Waals surface area contributed by atoms with Gasteiger partial charge in [-0.1, -0.05) is 42.5 Å². The van der Waals surface area contributed by atoms with Crippen LogP contribution < -0.4 is 10.5 Å². The van der Waals surface area contributed by atoms with Gasteiger partial charge in [-0.15, -0.1) is 0 Å². The quantitative estimate of drug-likeness (QED) is 0.479. The van der Waals surface area contributed by atoms with E-state index in [9.17, 15) is 4.79 Å². The Labute approximate surface area is 171 Å². The van der Waals surface area contributed by atoms with Crippen LogP contribution in [-0.4, -0.2) is 22.6 Å². The van der Waals surface area contributed by atoms with E-state index in [0.29, 0.717) is 11.8 Å². The van der Waals surface area contributed by atoms with Gasteiger partial charge in [0.05, 0.1) is 16.6 Å². The van der Waals surface area contributed by atoms with E-state index >= 15 is 0 Å². The third-order valence-electron chi connectivity index (χ3n) is 5.29. The van der Waals surface area contributed by atoms with E-state index in [0.717, 1.165) is 41.4 Å². The standard InChI is InChI=1S/C25H25N3O/c1-3-27(4-2)20-14-16-21(17-15-20)28-24(18-19-10-6-5-7-11-19)26-23-13-9-8-12-22(23)25(28)29/h5-17H,3-4,18H2,1-2H3. The van der Waals surface area contributed by atoms with Crippen LogP contribution >= 0.6 is 0 Å². The minimum Gasteiger partial charge on any atom is -0.372 e. The average molecular weight is 383 g/mol. The van der Waals surface area contributed by atoms with E-state index in [1.165, 1.54) is 0 Å². The van der Waals surface area contributed by atoms with Crippen molar-refractivity contribution in [2.45, 2.75) is 20.3 Å². The van der Waals surface area contributed by atoms with E-state index in [4.69, 9.17) is 4.98 Å². The fourth-order valence-electron chi connectivity index (χ4n) is 3.74. The lowest BCUT2D eigenvalue weighted by Gasteiger charge is -2.21. The second-order valence-corrected chi connectivity index (χ2v) is 7.04. The minimum atomic E-state index is -0.0304. The van der Waals surface area contributed by atoms with E-state index in [1.54, 1.807) is 4.57 Å². The maximum Gasteiger partial charge on any atom is 0.265 e. The highest BCUT2D eigenvalue weighted by Crippen LogP contribution is 2.20. The molecule has 3 aromatic carbocycles. The fraction of sp³-hybridized carbons (Fsp3) is 0.200. The Kier molecular flexibility index (Phi) is 5.43. The molecule has 29 heavy (non-hydrogen) atoms. The summed E-state index contributed by atoms with van der Waals surface area (Å²) in [7, 11) is 0. The monoisotopic (exact) mass is 383 g/mol. The Morgan fingerprint density at radius 3 is 2.17 bits per heavy atom. The molecule has 0 amide bonds. The summed E-state index contributed by atoms with van der Waals surface area (Å²) in [6.45, 7) is 6.19. The summed E-state index contributed by atoms with van der Waals surface area (Å²) in [5.74, 6) is 0.746. The third-order valence-corrected chi connectivity index (χ3v) is 5.29. The van der Waals surface area contributed by atoms with Gasteiger partial charge in [-0.05, 0) is 55.8 Å². The molecule has 4 heteroatoms. The van der Waals surface area contributed by atoms with Gasteiger partial charge >= 0.3 is 0 Å². The van der Waals surface area contributed by atoms with E-state index in [2.05, 4.69) is 43.0 Å². The van der Waals surface area contributed by atoms with Crippen molar-refractivity contribution in [3.63, 3.8) is 0 Å². The maximum atomic E-state index is 13.4. The highest BCUT2D eigenvalue weighted by molar-refractivity contribution is 5.78. The number of hydrogen-bond donors (Lipinski definition) is 0. The Morgan fingerprint density at radius 1 is 0.828 bits per heavy atom. The number of fused-ring (bicyclic) bond motifs is 1. The van der Waals surface area contributed by atoms with Crippen molar-refractivity contribution in [1.29, 1.82) is 0 Å². The second-order valence-electron chi connectivity index (χ2n) is 7.04. The zero-order valence-electron chi connectivity index (χ0n) is 16.9. The molecule has 0 aliphatic rings. The zero-order valence-corrected chi connectivity index (χ0v) is 16.9. The molecule has 4 nitrogen and oxygen atoms in total. The molecule has 0 saturated heterocycles. The van der Waals surface area contributed by atoms with Gasteiger partial charge in [0, 0.05) is 25.2 Å². The molecule has 0 N–H and O–H groups in total. The van der Waals surface area contributed by atoms with Gasteiger partial charge in [-0.25, -0.2) is 4.98 Å². The Morgan fingerprint density at radius 2 is 1.48 bits per heavy atom. The van der Waals surface area contributed by atoms with Gasteiger partial charge in [-0.3, -0.25) is 9.36 Å². The second kappa shape index (κ2) is 8.31. The molecule has 0 aliphatic heterocycles. The molecular formula is C25H25N3O. The van der Waals surface area contributed by atoms with Crippen LogP contribution in [-0.2, 0) is 6.42 Å². The molecule has 4 rings (SSSR count). The number of para-hydroxylation sites is 1. The molecule has 146 valence electrons. The Balaban J connectivity index is 1.86. The van der Waals surface area contributed by atoms with E-state index in [-0.39, 0.29) is 5.56 Å². The van der Waals surface area contributed by atoms with Gasteiger partial charge in [0.25, 0.3) is 5.56 Å². The molecule has 0 saturated carbocycles. The first-order valence-electron chi connectivity index (χ1n) is 10.1. The first-order valence-corrected chi connectivity index (χ1v) is 10.1. The summed E-state index contributed by atoms with van der Waals surface area (Å²) in [6, 6.07) is 25.9. The van der Waals surface area contributed by atoms with Crippen LogP contribution in [0.2, 0.25) is 0 Å². The van der Waals surface area contributed by atoms with Gasteiger partial charge < -0.3 is 4.90 Å². The first kappa shape index (κ1) is 18.9. The molecule has 0 atom stereocenters. The molecule has 0 unspecified atom stereocenters. The Hall–Kier alpha value is -3.40. The summed E-state index contributed by atoms with van der Waals surface area (Å²) < 4.78 is 1.75. The lowest BCUT2D eigenvalue weighted by Crippen LogP contribution is -2.25. The lowest BCUT2D eigenvalue weighted by molar-refractivity contribution is 0.845. The highest BCUT2D eigenvalue weighted by Gasteiger charge is 2.13. The van der Waals surface area contributed by atoms with Gasteiger partial charge in [-0.2, -0.15) is 0 Å². The predicted molar refractivity (Wildman–Crippen MR) is 120 cm³/mol. The summed E-state index contributed by atoms with van der Waals surface area (Å²) in [5, 5.41) is 0.636. The van der Waals surface area contributed by atoms with Crippen LogP contribution in [0.15, 0.2) is 83.7 Å². The minimum absolute atomic E-state index is 0.0304. The number of hydrogen-bond acceptors (Lipinski definition) is 3. The van der Waals surface area contributed by atoms with Crippen molar-refractivity contribution >= 4 is 16.6 Å². The molecule has 0 spiro atoms. The first-order chi connectivity index (χ1) is 14.2. The molecule has 1 heterocycles. The smallest absolute Gasteiger partial charge is 0.265 e. The van der Waals surface area contributed by atoms with Crippen LogP contribution in [0.5, 0.6) is 0 Å². The topological polar surface area (TPSA) is 38.1 Å². The Bertz CT molecular complexity index is 1160. The summed E-state index contributed by atoms with van der Waals surface area (Å²) in [5.41, 5.74) is 3.83. The van der Waals surface area contributed by atoms with Crippen molar-refractivity contribution in [3.8, 4) is 5.69 Å². The third kappa shape index (κ3) is 3.79. The normalized spacial score (nSPS) is 11.0. The molecule has 0 aliphatic carbocycles. The SMILES string of the molecule is CCN(CC)c1ccc(-n2c(Cc3ccccc3)nc3ccccc3c2=O)cc1. The van der Waals surface area contributed by atoms with Crippen molar-refractivity contribution in [1.82, 2.24) is 9.55 Å². The molecule has 0 bridgehead atoms. The lowest BCUT2D eigenvalue weighted by atomic mass is 10.1. The number of anilines is 1. The van der Waals surface area contributed by atoms with Gasteiger partial charge in [0.15, 0.2) is 0 Å². The summed E-state index contributed by atoms with van der Waals surface area (Å²) >= 11 is 0. The maximum absolute atomic E-state index is 13.4. The predicted octanol–water partition coefficient (Wildman–Crippen LogP) is 4.82. The van der Waals surface area contributed by atoms with Crippen molar-refractivity contribution < 1.29 is 0 Å². The van der Waals surface area contributed by atoms with Crippen LogP contribution in [0.3, 0.4) is 0 Å².